The second-order valence-corrected chi connectivity index (χ2v) is 5.25. The third-order valence-corrected chi connectivity index (χ3v) is 3.53. The van der Waals surface area contributed by atoms with Crippen LogP contribution in [0.5, 0.6) is 0 Å². The largest absolute Gasteiger partial charge is 0.0901 e. The number of hydrogen-bond donors (Lipinski definition) is 0. The van der Waals surface area contributed by atoms with Gasteiger partial charge in [-0.05, 0) is 38.5 Å². The van der Waals surface area contributed by atoms with Crippen molar-refractivity contribution in [2.45, 2.75) is 25.2 Å². The molecular formula is C15H16S. The van der Waals surface area contributed by atoms with E-state index in [0.29, 0.717) is 0 Å². The van der Waals surface area contributed by atoms with E-state index >= 15 is 0 Å². The van der Waals surface area contributed by atoms with Crippen molar-refractivity contribution in [3.05, 3.63) is 64.6 Å². The minimum atomic E-state index is 1.06. The third kappa shape index (κ3) is 3.14. The Morgan fingerprint density at radius 1 is 1.00 bits per heavy atom. The SMILES string of the molecule is CC1=CC=C(Sc2ccc(C)cc2)C=CC1. The fourth-order valence-electron chi connectivity index (χ4n) is 1.52. The number of benzene rings is 1. The first-order valence-electron chi connectivity index (χ1n) is 5.52. The van der Waals surface area contributed by atoms with Crippen molar-refractivity contribution >= 4 is 11.8 Å². The molecular weight excluding hydrogens is 212 g/mol. The molecule has 0 amide bonds. The zero-order chi connectivity index (χ0) is 11.4. The fraction of sp³-hybridized carbons (Fsp3) is 0.200. The van der Waals surface area contributed by atoms with Crippen molar-refractivity contribution in [3.8, 4) is 0 Å². The summed E-state index contributed by atoms with van der Waals surface area (Å²) in [7, 11) is 0. The van der Waals surface area contributed by atoms with Gasteiger partial charge in [-0.15, -0.1) is 0 Å². The summed E-state index contributed by atoms with van der Waals surface area (Å²) in [6.45, 7) is 4.28. The van der Waals surface area contributed by atoms with Crippen molar-refractivity contribution in [1.82, 2.24) is 0 Å². The summed E-state index contributed by atoms with van der Waals surface area (Å²) < 4.78 is 0. The molecule has 0 spiro atoms. The summed E-state index contributed by atoms with van der Waals surface area (Å²) in [5, 5.41) is 0. The molecule has 0 unspecified atom stereocenters. The molecule has 0 bridgehead atoms. The monoisotopic (exact) mass is 228 g/mol. The normalized spacial score (nSPS) is 15.4. The average Bonchev–Trinajstić information content (AvgIpc) is 2.47. The summed E-state index contributed by atoms with van der Waals surface area (Å²) in [4.78, 5) is 2.61. The Morgan fingerprint density at radius 2 is 1.75 bits per heavy atom. The van der Waals surface area contributed by atoms with Crippen LogP contribution < -0.4 is 0 Å². The lowest BCUT2D eigenvalue weighted by Crippen LogP contribution is -1.74. The van der Waals surface area contributed by atoms with Gasteiger partial charge in [0.25, 0.3) is 0 Å². The number of allylic oxidation sites excluding steroid dienone is 5. The standard InChI is InChI=1S/C15H16S/c1-12-4-3-5-14(9-6-12)16-15-10-7-13(2)8-11-15/h3,5-11H,4H2,1-2H3. The van der Waals surface area contributed by atoms with Crippen molar-refractivity contribution in [2.24, 2.45) is 0 Å². The lowest BCUT2D eigenvalue weighted by atomic mass is 10.2. The predicted octanol–water partition coefficient (Wildman–Crippen LogP) is 4.88. The lowest BCUT2D eigenvalue weighted by molar-refractivity contribution is 1.22. The van der Waals surface area contributed by atoms with Crippen LogP contribution in [-0.2, 0) is 0 Å². The molecule has 0 aliphatic heterocycles. The highest BCUT2D eigenvalue weighted by molar-refractivity contribution is 8.03. The number of rotatable bonds is 2. The van der Waals surface area contributed by atoms with Crippen molar-refractivity contribution in [2.75, 3.05) is 0 Å². The van der Waals surface area contributed by atoms with Gasteiger partial charge in [-0.1, -0.05) is 53.3 Å². The molecule has 0 saturated carbocycles. The van der Waals surface area contributed by atoms with Gasteiger partial charge in [0, 0.05) is 9.80 Å². The van der Waals surface area contributed by atoms with Crippen LogP contribution in [0.4, 0.5) is 0 Å². The first kappa shape index (κ1) is 11.3. The van der Waals surface area contributed by atoms with Crippen molar-refractivity contribution in [1.29, 1.82) is 0 Å². The van der Waals surface area contributed by atoms with Crippen LogP contribution in [0.3, 0.4) is 0 Å². The van der Waals surface area contributed by atoms with Gasteiger partial charge in [0.1, 0.15) is 0 Å². The van der Waals surface area contributed by atoms with Gasteiger partial charge in [-0.2, -0.15) is 0 Å². The second-order valence-electron chi connectivity index (χ2n) is 4.10. The highest BCUT2D eigenvalue weighted by atomic mass is 32.2. The first-order valence-corrected chi connectivity index (χ1v) is 6.34. The van der Waals surface area contributed by atoms with E-state index in [1.807, 2.05) is 11.8 Å². The third-order valence-electron chi connectivity index (χ3n) is 2.51. The molecule has 16 heavy (non-hydrogen) atoms. The zero-order valence-corrected chi connectivity index (χ0v) is 10.6. The Kier molecular flexibility index (Phi) is 3.68. The highest BCUT2D eigenvalue weighted by Gasteiger charge is 1.99. The van der Waals surface area contributed by atoms with Crippen molar-refractivity contribution < 1.29 is 0 Å². The van der Waals surface area contributed by atoms with E-state index in [1.54, 1.807) is 0 Å². The smallest absolute Gasteiger partial charge is 0.0122 e. The molecule has 1 aromatic carbocycles. The quantitative estimate of drug-likeness (QED) is 0.695. The first-order chi connectivity index (χ1) is 7.74. The topological polar surface area (TPSA) is 0 Å². The van der Waals surface area contributed by atoms with Crippen LogP contribution in [-0.4, -0.2) is 0 Å². The maximum absolute atomic E-state index is 2.23. The number of hydrogen-bond acceptors (Lipinski definition) is 1. The van der Waals surface area contributed by atoms with Crippen LogP contribution in [0.1, 0.15) is 18.9 Å². The molecule has 0 radical (unpaired) electrons. The maximum Gasteiger partial charge on any atom is 0.0122 e. The van der Waals surface area contributed by atoms with Gasteiger partial charge >= 0.3 is 0 Å². The highest BCUT2D eigenvalue weighted by Crippen LogP contribution is 2.29. The molecule has 0 nitrogen and oxygen atoms in total. The van der Waals surface area contributed by atoms with Crippen LogP contribution >= 0.6 is 11.8 Å². The second kappa shape index (κ2) is 5.22. The van der Waals surface area contributed by atoms with Gasteiger partial charge < -0.3 is 0 Å². The molecule has 82 valence electrons. The lowest BCUT2D eigenvalue weighted by Gasteiger charge is -2.01. The van der Waals surface area contributed by atoms with E-state index in [9.17, 15) is 0 Å². The van der Waals surface area contributed by atoms with Gasteiger partial charge in [0.2, 0.25) is 0 Å². The van der Waals surface area contributed by atoms with Crippen LogP contribution in [0, 0.1) is 6.92 Å². The van der Waals surface area contributed by atoms with E-state index in [2.05, 4.69) is 62.4 Å². The minimum absolute atomic E-state index is 1.06. The molecule has 0 aromatic heterocycles. The van der Waals surface area contributed by atoms with Crippen LogP contribution in [0.15, 0.2) is 63.9 Å². The van der Waals surface area contributed by atoms with Crippen molar-refractivity contribution in [3.63, 3.8) is 0 Å². The molecule has 1 aliphatic carbocycles. The molecule has 1 aliphatic rings. The van der Waals surface area contributed by atoms with Crippen LogP contribution in [0.2, 0.25) is 0 Å². The summed E-state index contributed by atoms with van der Waals surface area (Å²) in [5.74, 6) is 0. The Hall–Kier alpha value is -1.21. The summed E-state index contributed by atoms with van der Waals surface area (Å²) >= 11 is 1.82. The van der Waals surface area contributed by atoms with Gasteiger partial charge in [0.05, 0.1) is 0 Å². The molecule has 2 rings (SSSR count). The van der Waals surface area contributed by atoms with E-state index in [1.165, 1.54) is 20.9 Å². The molecule has 1 aromatic rings. The Labute approximate surface area is 102 Å². The molecule has 0 atom stereocenters. The maximum atomic E-state index is 2.23. The minimum Gasteiger partial charge on any atom is -0.0901 e. The van der Waals surface area contributed by atoms with Gasteiger partial charge in [-0.3, -0.25) is 0 Å². The summed E-state index contributed by atoms with van der Waals surface area (Å²) in [6.07, 6.45) is 9.90. The number of aryl methyl sites for hydroxylation is 1. The fourth-order valence-corrected chi connectivity index (χ4v) is 2.36. The van der Waals surface area contributed by atoms with Crippen LogP contribution in [0.25, 0.3) is 0 Å². The molecule has 0 heterocycles. The zero-order valence-electron chi connectivity index (χ0n) is 9.73. The number of thioether (sulfide) groups is 1. The van der Waals surface area contributed by atoms with E-state index in [-0.39, 0.29) is 0 Å². The van der Waals surface area contributed by atoms with E-state index < -0.39 is 0 Å². The van der Waals surface area contributed by atoms with E-state index in [4.69, 9.17) is 0 Å². The average molecular weight is 228 g/mol. The van der Waals surface area contributed by atoms with E-state index in [0.717, 1.165) is 6.42 Å². The Bertz CT molecular complexity index is 447. The predicted molar refractivity (Wildman–Crippen MR) is 72.6 cm³/mol. The molecule has 1 heteroatoms. The summed E-state index contributed by atoms with van der Waals surface area (Å²) in [6, 6.07) is 8.67. The summed E-state index contributed by atoms with van der Waals surface area (Å²) in [5.41, 5.74) is 2.72. The molecule has 0 N–H and O–H groups in total. The van der Waals surface area contributed by atoms with Gasteiger partial charge in [0.15, 0.2) is 0 Å². The van der Waals surface area contributed by atoms with Gasteiger partial charge in [-0.25, -0.2) is 0 Å². The Balaban J connectivity index is 2.13. The Morgan fingerprint density at radius 3 is 2.50 bits per heavy atom. The molecule has 0 saturated heterocycles. The molecule has 0 fully saturated rings.